The number of hydrogen-bond acceptors (Lipinski definition) is 2. The molecule has 68 valence electrons. The van der Waals surface area contributed by atoms with Crippen molar-refractivity contribution in [1.82, 2.24) is 9.55 Å². The summed E-state index contributed by atoms with van der Waals surface area (Å²) >= 11 is 0. The number of aromatic nitrogens is 2. The number of aryl methyl sites for hydroxylation is 2. The van der Waals surface area contributed by atoms with E-state index in [0.29, 0.717) is 0 Å². The second-order valence-corrected chi connectivity index (χ2v) is 3.09. The van der Waals surface area contributed by atoms with Gasteiger partial charge in [0, 0.05) is 18.4 Å². The Morgan fingerprint density at radius 3 is 2.67 bits per heavy atom. The molecule has 0 aliphatic rings. The zero-order valence-corrected chi connectivity index (χ0v) is 7.88. The van der Waals surface area contributed by atoms with Crippen LogP contribution in [0.3, 0.4) is 0 Å². The molecule has 0 aromatic carbocycles. The van der Waals surface area contributed by atoms with Gasteiger partial charge in [-0.1, -0.05) is 0 Å². The van der Waals surface area contributed by atoms with E-state index in [0.717, 1.165) is 31.8 Å². The lowest BCUT2D eigenvalue weighted by atomic mass is 10.3. The minimum atomic E-state index is 0.785. The number of hydrogen-bond donors (Lipinski definition) is 1. The predicted octanol–water partition coefficient (Wildman–Crippen LogP) is 1.24. The summed E-state index contributed by atoms with van der Waals surface area (Å²) in [7, 11) is 0. The van der Waals surface area contributed by atoms with Crippen LogP contribution in [-0.2, 0) is 6.54 Å². The van der Waals surface area contributed by atoms with Crippen LogP contribution < -0.4 is 5.73 Å². The molecule has 0 unspecified atom stereocenters. The third-order valence-corrected chi connectivity index (χ3v) is 2.09. The monoisotopic (exact) mass is 167 g/mol. The van der Waals surface area contributed by atoms with Crippen molar-refractivity contribution in [3.05, 3.63) is 17.7 Å². The molecule has 1 aromatic heterocycles. The van der Waals surface area contributed by atoms with Gasteiger partial charge >= 0.3 is 0 Å². The number of imidazole rings is 1. The predicted molar refractivity (Wildman–Crippen MR) is 50.0 cm³/mol. The Hall–Kier alpha value is -0.830. The molecule has 1 heterocycles. The van der Waals surface area contributed by atoms with Crippen molar-refractivity contribution in [1.29, 1.82) is 0 Å². The van der Waals surface area contributed by atoms with E-state index >= 15 is 0 Å². The first kappa shape index (κ1) is 9.26. The maximum atomic E-state index is 5.42. The Morgan fingerprint density at radius 1 is 1.42 bits per heavy atom. The number of nitrogens with zero attached hydrogens (tertiary/aromatic N) is 2. The zero-order valence-electron chi connectivity index (χ0n) is 7.88. The summed E-state index contributed by atoms with van der Waals surface area (Å²) in [6.45, 7) is 5.96. The van der Waals surface area contributed by atoms with Crippen LogP contribution in [0.25, 0.3) is 0 Å². The van der Waals surface area contributed by atoms with Gasteiger partial charge in [-0.25, -0.2) is 4.98 Å². The van der Waals surface area contributed by atoms with Crippen molar-refractivity contribution in [3.8, 4) is 0 Å². The quantitative estimate of drug-likeness (QED) is 0.686. The second kappa shape index (κ2) is 4.26. The maximum absolute atomic E-state index is 5.42. The molecule has 0 aliphatic carbocycles. The highest BCUT2D eigenvalue weighted by Gasteiger charge is 2.00. The highest BCUT2D eigenvalue weighted by atomic mass is 15.1. The topological polar surface area (TPSA) is 43.8 Å². The molecular formula is C9H17N3. The molecule has 1 aromatic rings. The molecule has 0 radical (unpaired) electrons. The van der Waals surface area contributed by atoms with E-state index in [9.17, 15) is 0 Å². The summed E-state index contributed by atoms with van der Waals surface area (Å²) in [5, 5.41) is 0. The van der Waals surface area contributed by atoms with Crippen LogP contribution in [0.4, 0.5) is 0 Å². The molecule has 12 heavy (non-hydrogen) atoms. The van der Waals surface area contributed by atoms with Gasteiger partial charge in [-0.05, 0) is 33.2 Å². The van der Waals surface area contributed by atoms with E-state index in [1.165, 1.54) is 5.69 Å². The van der Waals surface area contributed by atoms with Crippen molar-refractivity contribution in [2.75, 3.05) is 6.54 Å². The highest BCUT2D eigenvalue weighted by Crippen LogP contribution is 2.04. The van der Waals surface area contributed by atoms with Crippen LogP contribution in [0.15, 0.2) is 6.20 Å². The van der Waals surface area contributed by atoms with Crippen molar-refractivity contribution in [2.24, 2.45) is 5.73 Å². The fourth-order valence-electron chi connectivity index (χ4n) is 1.33. The Balaban J connectivity index is 2.50. The highest BCUT2D eigenvalue weighted by molar-refractivity contribution is 5.01. The van der Waals surface area contributed by atoms with E-state index in [1.807, 2.05) is 13.1 Å². The average molecular weight is 167 g/mol. The van der Waals surface area contributed by atoms with Crippen LogP contribution in [0.1, 0.15) is 24.4 Å². The maximum Gasteiger partial charge on any atom is 0.105 e. The standard InChI is InChI=1S/C9H17N3/c1-8-7-11-9(2)12(8)6-4-3-5-10/h7H,3-6,10H2,1-2H3. The third kappa shape index (κ3) is 2.08. The van der Waals surface area contributed by atoms with Gasteiger partial charge in [0.25, 0.3) is 0 Å². The van der Waals surface area contributed by atoms with E-state index in [1.54, 1.807) is 0 Å². The van der Waals surface area contributed by atoms with E-state index in [2.05, 4.69) is 16.5 Å². The molecule has 0 saturated carbocycles. The van der Waals surface area contributed by atoms with Gasteiger partial charge in [-0.15, -0.1) is 0 Å². The summed E-state index contributed by atoms with van der Waals surface area (Å²) in [6, 6.07) is 0. The first-order valence-electron chi connectivity index (χ1n) is 4.44. The van der Waals surface area contributed by atoms with Gasteiger partial charge in [-0.2, -0.15) is 0 Å². The first-order valence-corrected chi connectivity index (χ1v) is 4.44. The van der Waals surface area contributed by atoms with Crippen molar-refractivity contribution < 1.29 is 0 Å². The molecule has 1 rings (SSSR count). The molecule has 3 nitrogen and oxygen atoms in total. The molecule has 0 aliphatic heterocycles. The molecule has 3 heteroatoms. The normalized spacial score (nSPS) is 10.6. The van der Waals surface area contributed by atoms with E-state index < -0.39 is 0 Å². The van der Waals surface area contributed by atoms with Crippen LogP contribution >= 0.6 is 0 Å². The molecule has 0 spiro atoms. The molecule has 0 saturated heterocycles. The molecule has 0 atom stereocenters. The summed E-state index contributed by atoms with van der Waals surface area (Å²) in [5.41, 5.74) is 6.66. The molecule has 2 N–H and O–H groups in total. The Bertz CT molecular complexity index is 220. The molecule has 0 fully saturated rings. The fourth-order valence-corrected chi connectivity index (χ4v) is 1.33. The lowest BCUT2D eigenvalue weighted by molar-refractivity contribution is 0.591. The van der Waals surface area contributed by atoms with Gasteiger partial charge in [0.15, 0.2) is 0 Å². The fraction of sp³-hybridized carbons (Fsp3) is 0.667. The largest absolute Gasteiger partial charge is 0.333 e. The van der Waals surface area contributed by atoms with Crippen molar-refractivity contribution >= 4 is 0 Å². The smallest absolute Gasteiger partial charge is 0.105 e. The zero-order chi connectivity index (χ0) is 8.97. The number of rotatable bonds is 4. The second-order valence-electron chi connectivity index (χ2n) is 3.09. The molecule has 0 amide bonds. The Labute approximate surface area is 73.6 Å². The third-order valence-electron chi connectivity index (χ3n) is 2.09. The van der Waals surface area contributed by atoms with Gasteiger partial charge in [0.2, 0.25) is 0 Å². The minimum absolute atomic E-state index is 0.785. The van der Waals surface area contributed by atoms with Gasteiger partial charge in [-0.3, -0.25) is 0 Å². The molecule has 0 bridgehead atoms. The van der Waals surface area contributed by atoms with Crippen LogP contribution in [0.5, 0.6) is 0 Å². The molecular weight excluding hydrogens is 150 g/mol. The Morgan fingerprint density at radius 2 is 2.17 bits per heavy atom. The summed E-state index contributed by atoms with van der Waals surface area (Å²) in [6.07, 6.45) is 4.16. The number of unbranched alkanes of at least 4 members (excludes halogenated alkanes) is 1. The van der Waals surface area contributed by atoms with Crippen LogP contribution in [0, 0.1) is 13.8 Å². The average Bonchev–Trinajstić information content (AvgIpc) is 2.35. The lowest BCUT2D eigenvalue weighted by Gasteiger charge is -2.06. The van der Waals surface area contributed by atoms with Gasteiger partial charge in [0.1, 0.15) is 5.82 Å². The summed E-state index contributed by atoms with van der Waals surface area (Å²) in [4.78, 5) is 4.23. The lowest BCUT2D eigenvalue weighted by Crippen LogP contribution is -2.05. The SMILES string of the molecule is Cc1cnc(C)n1CCCCN. The van der Waals surface area contributed by atoms with Crippen LogP contribution in [0.2, 0.25) is 0 Å². The van der Waals surface area contributed by atoms with Crippen LogP contribution in [-0.4, -0.2) is 16.1 Å². The van der Waals surface area contributed by atoms with Crippen molar-refractivity contribution in [3.63, 3.8) is 0 Å². The van der Waals surface area contributed by atoms with Gasteiger partial charge < -0.3 is 10.3 Å². The first-order chi connectivity index (χ1) is 5.75. The van der Waals surface area contributed by atoms with Crippen molar-refractivity contribution in [2.45, 2.75) is 33.2 Å². The van der Waals surface area contributed by atoms with Gasteiger partial charge in [0.05, 0.1) is 0 Å². The minimum Gasteiger partial charge on any atom is -0.333 e. The Kier molecular flexibility index (Phi) is 3.29. The van der Waals surface area contributed by atoms with E-state index in [4.69, 9.17) is 5.73 Å². The van der Waals surface area contributed by atoms with E-state index in [-0.39, 0.29) is 0 Å². The number of nitrogens with two attached hydrogens (primary N) is 1. The summed E-state index contributed by atoms with van der Waals surface area (Å²) in [5.74, 6) is 1.10. The summed E-state index contributed by atoms with van der Waals surface area (Å²) < 4.78 is 2.23.